The van der Waals surface area contributed by atoms with Crippen LogP contribution >= 0.6 is 0 Å². The standard InChI is InChI=1S/C17H23N3O5S/c21-16(19-14-2-10-26(22,23)12-14)13-1-5-18-15(11-13)20-6-3-17(4-7-20)24-8-9-25-17/h1,5,11,14H,2-4,6-10,12H2,(H,19,21). The third kappa shape index (κ3) is 3.70. The lowest BCUT2D eigenvalue weighted by atomic mass is 10.0. The van der Waals surface area contributed by atoms with E-state index in [9.17, 15) is 13.2 Å². The first kappa shape index (κ1) is 17.7. The maximum atomic E-state index is 12.5. The second-order valence-electron chi connectivity index (χ2n) is 7.07. The van der Waals surface area contributed by atoms with Crippen LogP contribution in [0.15, 0.2) is 18.3 Å². The average molecular weight is 381 g/mol. The lowest BCUT2D eigenvalue weighted by Crippen LogP contribution is -2.45. The summed E-state index contributed by atoms with van der Waals surface area (Å²) in [7, 11) is -3.02. The van der Waals surface area contributed by atoms with Crippen LogP contribution in [0.25, 0.3) is 0 Å². The maximum Gasteiger partial charge on any atom is 0.251 e. The van der Waals surface area contributed by atoms with E-state index < -0.39 is 15.6 Å². The first-order valence-corrected chi connectivity index (χ1v) is 10.8. The first-order chi connectivity index (χ1) is 12.4. The van der Waals surface area contributed by atoms with E-state index >= 15 is 0 Å². The Bertz CT molecular complexity index is 781. The number of carbonyl (C=O) groups is 1. The van der Waals surface area contributed by atoms with Crippen molar-refractivity contribution in [2.24, 2.45) is 0 Å². The molecule has 0 aromatic carbocycles. The van der Waals surface area contributed by atoms with Crippen LogP contribution in [-0.4, -0.2) is 68.9 Å². The lowest BCUT2D eigenvalue weighted by Gasteiger charge is -2.38. The summed E-state index contributed by atoms with van der Waals surface area (Å²) in [5.41, 5.74) is 0.493. The van der Waals surface area contributed by atoms with Gasteiger partial charge in [0.15, 0.2) is 15.6 Å². The monoisotopic (exact) mass is 381 g/mol. The number of nitrogens with one attached hydrogen (secondary N) is 1. The molecule has 0 bridgehead atoms. The minimum atomic E-state index is -3.02. The zero-order valence-electron chi connectivity index (χ0n) is 14.5. The number of hydrogen-bond acceptors (Lipinski definition) is 7. The van der Waals surface area contributed by atoms with Crippen molar-refractivity contribution < 1.29 is 22.7 Å². The molecular formula is C17H23N3O5S. The van der Waals surface area contributed by atoms with E-state index in [1.807, 2.05) is 0 Å². The third-order valence-corrected chi connectivity index (χ3v) is 7.01. The van der Waals surface area contributed by atoms with Gasteiger partial charge in [0, 0.05) is 43.7 Å². The molecule has 1 N–H and O–H groups in total. The molecule has 4 heterocycles. The van der Waals surface area contributed by atoms with E-state index in [-0.39, 0.29) is 23.5 Å². The molecule has 1 aromatic heterocycles. The summed E-state index contributed by atoms with van der Waals surface area (Å²) in [4.78, 5) is 19.0. The number of rotatable bonds is 3. The summed E-state index contributed by atoms with van der Waals surface area (Å²) in [6, 6.07) is 3.10. The molecule has 9 heteroatoms. The Balaban J connectivity index is 1.39. The van der Waals surface area contributed by atoms with Gasteiger partial charge in [0.1, 0.15) is 5.82 Å². The highest BCUT2D eigenvalue weighted by atomic mass is 32.2. The Labute approximate surface area is 152 Å². The molecule has 3 fully saturated rings. The zero-order valence-corrected chi connectivity index (χ0v) is 15.3. The molecule has 0 aliphatic carbocycles. The van der Waals surface area contributed by atoms with E-state index in [0.717, 1.165) is 31.7 Å². The van der Waals surface area contributed by atoms with Gasteiger partial charge in [-0.1, -0.05) is 0 Å². The maximum absolute atomic E-state index is 12.5. The van der Waals surface area contributed by atoms with Crippen molar-refractivity contribution in [2.45, 2.75) is 31.1 Å². The molecule has 1 aromatic rings. The number of piperidine rings is 1. The molecule has 1 atom stereocenters. The smallest absolute Gasteiger partial charge is 0.251 e. The van der Waals surface area contributed by atoms with E-state index in [1.54, 1.807) is 18.3 Å². The molecule has 0 saturated carbocycles. The van der Waals surface area contributed by atoms with Gasteiger partial charge in [-0.15, -0.1) is 0 Å². The van der Waals surface area contributed by atoms with Crippen LogP contribution in [0.2, 0.25) is 0 Å². The average Bonchev–Trinajstić information content (AvgIpc) is 3.22. The molecule has 4 rings (SSSR count). The normalized spacial score (nSPS) is 26.9. The van der Waals surface area contributed by atoms with Crippen molar-refractivity contribution in [1.82, 2.24) is 10.3 Å². The highest BCUT2D eigenvalue weighted by Crippen LogP contribution is 2.32. The van der Waals surface area contributed by atoms with Gasteiger partial charge in [-0.05, 0) is 18.6 Å². The van der Waals surface area contributed by atoms with Crippen LogP contribution in [0.1, 0.15) is 29.6 Å². The molecule has 3 saturated heterocycles. The number of ether oxygens (including phenoxy) is 2. The second kappa shape index (κ2) is 6.79. The largest absolute Gasteiger partial charge is 0.356 e. The van der Waals surface area contributed by atoms with Crippen molar-refractivity contribution in [3.8, 4) is 0 Å². The molecule has 8 nitrogen and oxygen atoms in total. The highest BCUT2D eigenvalue weighted by molar-refractivity contribution is 7.91. The Morgan fingerprint density at radius 1 is 1.27 bits per heavy atom. The molecule has 1 amide bonds. The number of sulfone groups is 1. The topological polar surface area (TPSA) is 97.8 Å². The minimum Gasteiger partial charge on any atom is -0.356 e. The number of hydrogen-bond donors (Lipinski definition) is 1. The molecular weight excluding hydrogens is 358 g/mol. The van der Waals surface area contributed by atoms with Gasteiger partial charge < -0.3 is 19.7 Å². The van der Waals surface area contributed by atoms with Crippen molar-refractivity contribution in [3.05, 3.63) is 23.9 Å². The Morgan fingerprint density at radius 3 is 2.65 bits per heavy atom. The molecule has 3 aliphatic rings. The van der Waals surface area contributed by atoms with E-state index in [1.165, 1.54) is 0 Å². The first-order valence-electron chi connectivity index (χ1n) is 8.95. The summed E-state index contributed by atoms with van der Waals surface area (Å²) in [6.45, 7) is 2.79. The van der Waals surface area contributed by atoms with E-state index in [4.69, 9.17) is 9.47 Å². The summed E-state index contributed by atoms with van der Waals surface area (Å²) in [5, 5.41) is 2.82. The fourth-order valence-corrected chi connectivity index (χ4v) is 5.45. The molecule has 3 aliphatic heterocycles. The van der Waals surface area contributed by atoms with Gasteiger partial charge >= 0.3 is 0 Å². The Hall–Kier alpha value is -1.71. The van der Waals surface area contributed by atoms with E-state index in [2.05, 4.69) is 15.2 Å². The van der Waals surface area contributed by atoms with Crippen LogP contribution in [0.3, 0.4) is 0 Å². The van der Waals surface area contributed by atoms with E-state index in [0.29, 0.717) is 25.2 Å². The van der Waals surface area contributed by atoms with Gasteiger partial charge in [0.05, 0.1) is 24.7 Å². The number of nitrogens with zero attached hydrogens (tertiary/aromatic N) is 2. The third-order valence-electron chi connectivity index (χ3n) is 5.24. The summed E-state index contributed by atoms with van der Waals surface area (Å²) < 4.78 is 34.5. The Morgan fingerprint density at radius 2 is 2.00 bits per heavy atom. The quantitative estimate of drug-likeness (QED) is 0.806. The number of aromatic nitrogens is 1. The van der Waals surface area contributed by atoms with Crippen LogP contribution in [0.4, 0.5) is 5.82 Å². The molecule has 26 heavy (non-hydrogen) atoms. The fraction of sp³-hybridized carbons (Fsp3) is 0.647. The molecule has 142 valence electrons. The number of carbonyl (C=O) groups excluding carboxylic acids is 1. The summed E-state index contributed by atoms with van der Waals surface area (Å²) >= 11 is 0. The fourth-order valence-electron chi connectivity index (χ4n) is 3.77. The minimum absolute atomic E-state index is 0.0187. The predicted molar refractivity (Wildman–Crippen MR) is 94.8 cm³/mol. The van der Waals surface area contributed by atoms with Gasteiger partial charge in [0.25, 0.3) is 5.91 Å². The van der Waals surface area contributed by atoms with Crippen molar-refractivity contribution in [1.29, 1.82) is 0 Å². The van der Waals surface area contributed by atoms with Crippen LogP contribution in [0, 0.1) is 0 Å². The van der Waals surface area contributed by atoms with Crippen LogP contribution < -0.4 is 10.2 Å². The van der Waals surface area contributed by atoms with Crippen LogP contribution in [-0.2, 0) is 19.3 Å². The van der Waals surface area contributed by atoms with Gasteiger partial charge in [-0.25, -0.2) is 13.4 Å². The van der Waals surface area contributed by atoms with Gasteiger partial charge in [-0.2, -0.15) is 0 Å². The van der Waals surface area contributed by atoms with Crippen molar-refractivity contribution >= 4 is 21.6 Å². The summed E-state index contributed by atoms with van der Waals surface area (Å²) in [6.07, 6.45) is 3.62. The highest BCUT2D eigenvalue weighted by Gasteiger charge is 2.40. The number of anilines is 1. The second-order valence-corrected chi connectivity index (χ2v) is 9.30. The van der Waals surface area contributed by atoms with Gasteiger partial charge in [0.2, 0.25) is 0 Å². The zero-order chi connectivity index (χ0) is 18.2. The van der Waals surface area contributed by atoms with Crippen LogP contribution in [0.5, 0.6) is 0 Å². The van der Waals surface area contributed by atoms with Crippen molar-refractivity contribution in [2.75, 3.05) is 42.7 Å². The molecule has 1 unspecified atom stereocenters. The molecule has 0 radical (unpaired) electrons. The SMILES string of the molecule is O=C(NC1CCS(=O)(=O)C1)c1ccnc(N2CCC3(CC2)OCCO3)c1. The lowest BCUT2D eigenvalue weighted by molar-refractivity contribution is -0.169. The van der Waals surface area contributed by atoms with Crippen molar-refractivity contribution in [3.63, 3.8) is 0 Å². The summed E-state index contributed by atoms with van der Waals surface area (Å²) in [5.74, 6) is 0.194. The molecule has 1 spiro atoms. The van der Waals surface area contributed by atoms with Gasteiger partial charge in [-0.3, -0.25) is 4.79 Å². The predicted octanol–water partition coefficient (Wildman–Crippen LogP) is 0.342. The number of amides is 1. The number of pyridine rings is 1. The Kier molecular flexibility index (Phi) is 4.62.